The maximum absolute atomic E-state index is 12.7. The van der Waals surface area contributed by atoms with E-state index in [1.807, 2.05) is 0 Å². The third-order valence-electron chi connectivity index (χ3n) is 3.31. The van der Waals surface area contributed by atoms with Crippen molar-refractivity contribution in [3.63, 3.8) is 0 Å². The van der Waals surface area contributed by atoms with Crippen LogP contribution >= 0.6 is 0 Å². The van der Waals surface area contributed by atoms with Crippen LogP contribution in [0.4, 0.5) is 14.5 Å². The van der Waals surface area contributed by atoms with Gasteiger partial charge in [-0.15, -0.1) is 0 Å². The minimum atomic E-state index is -4.86. The van der Waals surface area contributed by atoms with Gasteiger partial charge in [-0.2, -0.15) is 8.78 Å². The molecule has 0 heterocycles. The molecule has 1 N–H and O–H groups in total. The number of anilines is 1. The van der Waals surface area contributed by atoms with Crippen LogP contribution in [0.2, 0.25) is 0 Å². The number of ether oxygens (including phenoxy) is 1. The lowest BCUT2D eigenvalue weighted by Crippen LogP contribution is -2.22. The average Bonchev–Trinajstić information content (AvgIpc) is 2.60. The maximum Gasteiger partial charge on any atom is 0.341 e. The van der Waals surface area contributed by atoms with Crippen LogP contribution in [0.3, 0.4) is 0 Å². The molecule has 0 atom stereocenters. The molecule has 0 aliphatic carbocycles. The number of carbonyl (C=O) groups is 2. The highest BCUT2D eigenvalue weighted by molar-refractivity contribution is 7.91. The van der Waals surface area contributed by atoms with E-state index in [2.05, 4.69) is 5.32 Å². The van der Waals surface area contributed by atoms with Gasteiger partial charge in [0.05, 0.1) is 10.6 Å². The van der Waals surface area contributed by atoms with Crippen LogP contribution in [0.15, 0.2) is 53.4 Å². The summed E-state index contributed by atoms with van der Waals surface area (Å²) in [5.74, 6) is -4.26. The molecule has 0 saturated heterocycles. The van der Waals surface area contributed by atoms with Crippen molar-refractivity contribution >= 4 is 27.2 Å². The summed E-state index contributed by atoms with van der Waals surface area (Å²) in [5.41, 5.74) is 0.134. The SMILES string of the molecule is CC(=O)c1cccc(OCC(=O)Nc2ccccc2S(=O)(=O)C(F)F)c1. The number of halogens is 2. The van der Waals surface area contributed by atoms with Crippen molar-refractivity contribution in [1.29, 1.82) is 0 Å². The Bertz CT molecular complexity index is 928. The van der Waals surface area contributed by atoms with Gasteiger partial charge in [0, 0.05) is 5.56 Å². The highest BCUT2D eigenvalue weighted by Crippen LogP contribution is 2.26. The van der Waals surface area contributed by atoms with E-state index in [0.717, 1.165) is 6.07 Å². The molecule has 138 valence electrons. The minimum Gasteiger partial charge on any atom is -0.484 e. The fourth-order valence-electron chi connectivity index (χ4n) is 2.05. The second-order valence-electron chi connectivity index (χ2n) is 5.22. The van der Waals surface area contributed by atoms with Crippen LogP contribution in [0.25, 0.3) is 0 Å². The molecule has 6 nitrogen and oxygen atoms in total. The van der Waals surface area contributed by atoms with Gasteiger partial charge >= 0.3 is 5.76 Å². The number of carbonyl (C=O) groups excluding carboxylic acids is 2. The van der Waals surface area contributed by atoms with Crippen LogP contribution in [0, 0.1) is 0 Å². The number of nitrogens with one attached hydrogen (secondary N) is 1. The first-order valence-corrected chi connectivity index (χ1v) is 8.91. The number of para-hydroxylation sites is 1. The summed E-state index contributed by atoms with van der Waals surface area (Å²) in [6, 6.07) is 11.0. The Morgan fingerprint density at radius 3 is 2.46 bits per heavy atom. The standard InChI is InChI=1S/C17H15F2NO5S/c1-11(21)12-5-4-6-13(9-12)25-10-16(22)20-14-7-2-3-8-15(14)26(23,24)17(18)19/h2-9,17H,10H2,1H3,(H,20,22). The molecule has 2 aromatic carbocycles. The molecule has 2 aromatic rings. The number of hydrogen-bond donors (Lipinski definition) is 1. The summed E-state index contributed by atoms with van der Waals surface area (Å²) in [5, 5.41) is 2.24. The molecule has 0 unspecified atom stereocenters. The molecule has 0 bridgehead atoms. The zero-order valence-electron chi connectivity index (χ0n) is 13.6. The molecule has 0 aliphatic heterocycles. The lowest BCUT2D eigenvalue weighted by Gasteiger charge is -2.12. The van der Waals surface area contributed by atoms with Gasteiger partial charge in [0.1, 0.15) is 5.75 Å². The quantitative estimate of drug-likeness (QED) is 0.743. The van der Waals surface area contributed by atoms with Crippen molar-refractivity contribution in [2.45, 2.75) is 17.6 Å². The van der Waals surface area contributed by atoms with Crippen LogP contribution < -0.4 is 10.1 Å². The van der Waals surface area contributed by atoms with Gasteiger partial charge < -0.3 is 10.1 Å². The largest absolute Gasteiger partial charge is 0.484 e. The first-order chi connectivity index (χ1) is 12.2. The van der Waals surface area contributed by atoms with E-state index in [4.69, 9.17) is 4.74 Å². The lowest BCUT2D eigenvalue weighted by atomic mass is 10.1. The maximum atomic E-state index is 12.7. The van der Waals surface area contributed by atoms with E-state index in [-0.39, 0.29) is 17.2 Å². The normalized spacial score (nSPS) is 11.2. The van der Waals surface area contributed by atoms with Crippen molar-refractivity contribution in [3.8, 4) is 5.75 Å². The lowest BCUT2D eigenvalue weighted by molar-refractivity contribution is -0.118. The van der Waals surface area contributed by atoms with Gasteiger partial charge in [-0.1, -0.05) is 24.3 Å². The Kier molecular flexibility index (Phi) is 6.04. The predicted octanol–water partition coefficient (Wildman–Crippen LogP) is 2.90. The molecular weight excluding hydrogens is 368 g/mol. The average molecular weight is 383 g/mol. The van der Waals surface area contributed by atoms with Gasteiger partial charge in [-0.05, 0) is 31.2 Å². The van der Waals surface area contributed by atoms with Crippen LogP contribution in [0.5, 0.6) is 5.75 Å². The zero-order chi connectivity index (χ0) is 19.3. The number of Topliss-reactive ketones (excluding diaryl/α,β-unsaturated/α-hetero) is 1. The Morgan fingerprint density at radius 2 is 1.81 bits per heavy atom. The molecule has 0 aromatic heterocycles. The van der Waals surface area contributed by atoms with Gasteiger partial charge in [0.2, 0.25) is 9.84 Å². The summed E-state index contributed by atoms with van der Waals surface area (Å²) < 4.78 is 54.0. The van der Waals surface area contributed by atoms with Crippen molar-refractivity contribution in [3.05, 3.63) is 54.1 Å². The predicted molar refractivity (Wildman–Crippen MR) is 90.2 cm³/mol. The van der Waals surface area contributed by atoms with Crippen LogP contribution in [-0.2, 0) is 14.6 Å². The monoisotopic (exact) mass is 383 g/mol. The third-order valence-corrected chi connectivity index (χ3v) is 4.75. The van der Waals surface area contributed by atoms with Crippen LogP contribution in [0.1, 0.15) is 17.3 Å². The number of amides is 1. The summed E-state index contributed by atoms with van der Waals surface area (Å²) in [6.45, 7) is 0.886. The molecule has 0 radical (unpaired) electrons. The molecular formula is C17H15F2NO5S. The Balaban J connectivity index is 2.10. The fourth-order valence-corrected chi connectivity index (χ4v) is 2.94. The van der Waals surface area contributed by atoms with Gasteiger partial charge in [-0.3, -0.25) is 9.59 Å². The topological polar surface area (TPSA) is 89.5 Å². The number of ketones is 1. The number of hydrogen-bond acceptors (Lipinski definition) is 5. The highest BCUT2D eigenvalue weighted by atomic mass is 32.2. The van der Waals surface area contributed by atoms with Gasteiger partial charge in [-0.25, -0.2) is 8.42 Å². The van der Waals surface area contributed by atoms with Crippen molar-refractivity contribution in [2.24, 2.45) is 0 Å². The van der Waals surface area contributed by atoms with Crippen LogP contribution in [-0.4, -0.2) is 32.5 Å². The number of benzene rings is 2. The van der Waals surface area contributed by atoms with Crippen molar-refractivity contribution < 1.29 is 31.5 Å². The highest BCUT2D eigenvalue weighted by Gasteiger charge is 2.29. The summed E-state index contributed by atoms with van der Waals surface area (Å²) >= 11 is 0. The number of sulfone groups is 1. The molecule has 2 rings (SSSR count). The molecule has 26 heavy (non-hydrogen) atoms. The summed E-state index contributed by atoms with van der Waals surface area (Å²) in [4.78, 5) is 22.6. The third kappa shape index (κ3) is 4.63. The van der Waals surface area contributed by atoms with E-state index < -0.39 is 33.0 Å². The second kappa shape index (κ2) is 8.05. The van der Waals surface area contributed by atoms with E-state index >= 15 is 0 Å². The molecule has 0 fully saturated rings. The van der Waals surface area contributed by atoms with E-state index in [1.54, 1.807) is 12.1 Å². The fraction of sp³-hybridized carbons (Fsp3) is 0.176. The zero-order valence-corrected chi connectivity index (χ0v) is 14.4. The van der Waals surface area contributed by atoms with E-state index in [9.17, 15) is 26.8 Å². The molecule has 1 amide bonds. The van der Waals surface area contributed by atoms with Gasteiger partial charge in [0.15, 0.2) is 12.4 Å². The van der Waals surface area contributed by atoms with Crippen molar-refractivity contribution in [1.82, 2.24) is 0 Å². The Morgan fingerprint density at radius 1 is 1.12 bits per heavy atom. The number of alkyl halides is 2. The van der Waals surface area contributed by atoms with E-state index in [0.29, 0.717) is 5.56 Å². The molecule has 9 heteroatoms. The summed E-state index contributed by atoms with van der Waals surface area (Å²) in [6.07, 6.45) is 0. The minimum absolute atomic E-state index is 0.175. The van der Waals surface area contributed by atoms with Crippen molar-refractivity contribution in [2.75, 3.05) is 11.9 Å². The number of rotatable bonds is 7. The Labute approximate surface area is 148 Å². The molecule has 0 saturated carbocycles. The molecule has 0 spiro atoms. The summed E-state index contributed by atoms with van der Waals surface area (Å²) in [7, 11) is -4.86. The Hall–Kier alpha value is -2.81. The smallest absolute Gasteiger partial charge is 0.341 e. The first-order valence-electron chi connectivity index (χ1n) is 7.36. The molecule has 0 aliphatic rings. The van der Waals surface area contributed by atoms with Gasteiger partial charge in [0.25, 0.3) is 5.91 Å². The second-order valence-corrected chi connectivity index (χ2v) is 7.11. The first kappa shape index (κ1) is 19.5. The van der Waals surface area contributed by atoms with E-state index in [1.165, 1.54) is 37.3 Å².